The number of nitro benzene ring substituents is 1. The van der Waals surface area contributed by atoms with Gasteiger partial charge in [0.05, 0.1) is 22.3 Å². The Balaban J connectivity index is 2.42. The molecule has 2 aromatic rings. The summed E-state index contributed by atoms with van der Waals surface area (Å²) in [6.07, 6.45) is 5.36. The molecule has 0 saturated heterocycles. The van der Waals surface area contributed by atoms with E-state index in [1.165, 1.54) is 12.1 Å². The molecule has 0 radical (unpaired) electrons. The Bertz CT molecular complexity index is 1080. The third kappa shape index (κ3) is 7.84. The summed E-state index contributed by atoms with van der Waals surface area (Å²) in [5.74, 6) is -0.285. The maximum Gasteiger partial charge on any atom is 0.408 e. The Hall–Kier alpha value is -4.01. The summed E-state index contributed by atoms with van der Waals surface area (Å²) in [7, 11) is 0. The van der Waals surface area contributed by atoms with Crippen molar-refractivity contribution in [2.45, 2.75) is 51.7 Å². The molecule has 0 unspecified atom stereocenters. The van der Waals surface area contributed by atoms with Crippen LogP contribution in [0.25, 0.3) is 11.1 Å². The van der Waals surface area contributed by atoms with Crippen LogP contribution in [0.3, 0.4) is 0 Å². The summed E-state index contributed by atoms with van der Waals surface area (Å²) >= 11 is 0. The van der Waals surface area contributed by atoms with E-state index in [9.17, 15) is 19.7 Å². The highest BCUT2D eigenvalue weighted by Crippen LogP contribution is 2.33. The average molecular weight is 467 g/mol. The molecule has 2 N–H and O–H groups in total. The van der Waals surface area contributed by atoms with Gasteiger partial charge in [-0.1, -0.05) is 12.2 Å². The number of anilines is 1. The lowest BCUT2D eigenvalue weighted by Crippen LogP contribution is -2.35. The van der Waals surface area contributed by atoms with E-state index in [1.54, 1.807) is 57.3 Å². The van der Waals surface area contributed by atoms with Crippen LogP contribution in [-0.4, -0.2) is 27.5 Å². The number of nitro groups is 1. The van der Waals surface area contributed by atoms with Crippen LogP contribution in [0.2, 0.25) is 0 Å². The zero-order valence-electron chi connectivity index (χ0n) is 19.7. The number of nitrogens with one attached hydrogen (secondary N) is 2. The molecule has 0 fully saturated rings. The summed E-state index contributed by atoms with van der Waals surface area (Å²) < 4.78 is 5.35. The summed E-state index contributed by atoms with van der Waals surface area (Å²) in [5.41, 5.74) is 1.30. The predicted molar refractivity (Wildman–Crippen MR) is 131 cm³/mol. The van der Waals surface area contributed by atoms with E-state index in [-0.39, 0.29) is 18.0 Å². The maximum atomic E-state index is 12.3. The lowest BCUT2D eigenvalue weighted by atomic mass is 10.0. The first-order valence-corrected chi connectivity index (χ1v) is 10.8. The topological polar surface area (TPSA) is 123 Å². The van der Waals surface area contributed by atoms with Crippen molar-refractivity contribution in [1.29, 1.82) is 0 Å². The van der Waals surface area contributed by atoms with Gasteiger partial charge < -0.3 is 15.4 Å². The van der Waals surface area contributed by atoms with Gasteiger partial charge in [0, 0.05) is 30.3 Å². The van der Waals surface area contributed by atoms with Crippen molar-refractivity contribution in [3.8, 4) is 11.1 Å². The number of aromatic nitrogens is 1. The number of alkyl carbamates (subject to hydrolysis) is 1. The number of hydrogen-bond acceptors (Lipinski definition) is 6. The molecule has 0 aliphatic carbocycles. The summed E-state index contributed by atoms with van der Waals surface area (Å²) in [6, 6.07) is 7.24. The van der Waals surface area contributed by atoms with Gasteiger partial charge in [-0.25, -0.2) is 4.79 Å². The number of amides is 2. The third-order valence-corrected chi connectivity index (χ3v) is 4.61. The molecule has 1 atom stereocenters. The molecule has 0 aliphatic heterocycles. The smallest absolute Gasteiger partial charge is 0.408 e. The number of hydrogen-bond donors (Lipinski definition) is 2. The van der Waals surface area contributed by atoms with Crippen molar-refractivity contribution in [2.24, 2.45) is 0 Å². The quantitative estimate of drug-likeness (QED) is 0.263. The molecule has 0 aliphatic rings. The number of pyridine rings is 1. The highest BCUT2D eigenvalue weighted by molar-refractivity contribution is 5.96. The Morgan fingerprint density at radius 2 is 1.94 bits per heavy atom. The van der Waals surface area contributed by atoms with Gasteiger partial charge in [-0.3, -0.25) is 19.9 Å². The molecular formula is C25H30N4O5. The number of benzene rings is 1. The number of allylic oxidation sites excluding steroid dienone is 1. The molecule has 1 aromatic carbocycles. The van der Waals surface area contributed by atoms with Crippen LogP contribution < -0.4 is 10.6 Å². The molecular weight excluding hydrogens is 436 g/mol. The zero-order valence-corrected chi connectivity index (χ0v) is 19.7. The second kappa shape index (κ2) is 11.7. The van der Waals surface area contributed by atoms with Crippen LogP contribution in [0, 0.1) is 10.1 Å². The van der Waals surface area contributed by atoms with Gasteiger partial charge in [0.1, 0.15) is 5.60 Å². The number of non-ortho nitro benzene ring substituents is 1. The predicted octanol–water partition coefficient (Wildman–Crippen LogP) is 5.70. The van der Waals surface area contributed by atoms with E-state index in [1.807, 2.05) is 0 Å². The van der Waals surface area contributed by atoms with Gasteiger partial charge in [-0.05, 0) is 57.4 Å². The van der Waals surface area contributed by atoms with E-state index in [2.05, 4.69) is 28.8 Å². The third-order valence-electron chi connectivity index (χ3n) is 4.61. The number of nitrogens with zero attached hydrogens (tertiary/aromatic N) is 2. The second-order valence-corrected chi connectivity index (χ2v) is 8.56. The van der Waals surface area contributed by atoms with Gasteiger partial charge in [0.25, 0.3) is 5.69 Å². The standard InChI is InChI=1S/C25H30N4O5/c1-6-8-10-23(30)27-21-16-18(29(32)33)11-12-19(21)17-13-14-26-22(15-17)20(9-7-2)28-24(31)34-25(3,4)5/h6-7,11-16,20H,1-2,8-10H2,3-5H3,(H,27,30)(H,28,31)/t20-/m0/s1. The maximum absolute atomic E-state index is 12.3. The number of carbonyl (C=O) groups is 2. The van der Waals surface area contributed by atoms with Crippen molar-refractivity contribution in [3.63, 3.8) is 0 Å². The van der Waals surface area contributed by atoms with Gasteiger partial charge in [0.2, 0.25) is 5.91 Å². The number of rotatable bonds is 10. The molecule has 9 nitrogen and oxygen atoms in total. The Morgan fingerprint density at radius 1 is 1.21 bits per heavy atom. The molecule has 1 heterocycles. The summed E-state index contributed by atoms with van der Waals surface area (Å²) in [4.78, 5) is 39.8. The first-order valence-electron chi connectivity index (χ1n) is 10.8. The molecule has 2 rings (SSSR count). The van der Waals surface area contributed by atoms with Gasteiger partial charge >= 0.3 is 6.09 Å². The molecule has 0 spiro atoms. The van der Waals surface area contributed by atoms with Crippen LogP contribution in [-0.2, 0) is 9.53 Å². The van der Waals surface area contributed by atoms with E-state index < -0.39 is 22.7 Å². The van der Waals surface area contributed by atoms with Gasteiger partial charge in [-0.15, -0.1) is 13.2 Å². The van der Waals surface area contributed by atoms with Crippen molar-refractivity contribution in [1.82, 2.24) is 10.3 Å². The lowest BCUT2D eigenvalue weighted by molar-refractivity contribution is -0.384. The molecule has 9 heteroatoms. The minimum atomic E-state index is -0.657. The minimum absolute atomic E-state index is 0.145. The fourth-order valence-electron chi connectivity index (χ4n) is 3.12. The van der Waals surface area contributed by atoms with Crippen molar-refractivity contribution >= 4 is 23.4 Å². The molecule has 34 heavy (non-hydrogen) atoms. The molecule has 0 bridgehead atoms. The normalized spacial score (nSPS) is 11.7. The van der Waals surface area contributed by atoms with E-state index in [0.717, 1.165) is 0 Å². The monoisotopic (exact) mass is 466 g/mol. The van der Waals surface area contributed by atoms with Crippen LogP contribution in [0.1, 0.15) is 51.8 Å². The molecule has 2 amide bonds. The van der Waals surface area contributed by atoms with Gasteiger partial charge in [-0.2, -0.15) is 0 Å². The Kier molecular flexibility index (Phi) is 9.06. The molecule has 1 aromatic heterocycles. The summed E-state index contributed by atoms with van der Waals surface area (Å²) in [6.45, 7) is 12.7. The Labute approximate surface area is 199 Å². The minimum Gasteiger partial charge on any atom is -0.444 e. The Morgan fingerprint density at radius 3 is 2.56 bits per heavy atom. The fraction of sp³-hybridized carbons (Fsp3) is 0.320. The van der Waals surface area contributed by atoms with Gasteiger partial charge in [0.15, 0.2) is 0 Å². The van der Waals surface area contributed by atoms with Crippen molar-refractivity contribution < 1.29 is 19.2 Å². The first kappa shape index (κ1) is 26.2. The first-order chi connectivity index (χ1) is 16.0. The lowest BCUT2D eigenvalue weighted by Gasteiger charge is -2.23. The zero-order chi connectivity index (χ0) is 25.3. The highest BCUT2D eigenvalue weighted by atomic mass is 16.6. The second-order valence-electron chi connectivity index (χ2n) is 8.56. The van der Waals surface area contributed by atoms with Crippen molar-refractivity contribution in [3.05, 3.63) is 77.6 Å². The SMILES string of the molecule is C=CCCC(=O)Nc1cc([N+](=O)[O-])ccc1-c1ccnc([C@H](CC=C)NC(=O)OC(C)(C)C)c1. The van der Waals surface area contributed by atoms with Crippen LogP contribution in [0.5, 0.6) is 0 Å². The average Bonchev–Trinajstić information content (AvgIpc) is 2.76. The van der Waals surface area contributed by atoms with Crippen LogP contribution in [0.15, 0.2) is 61.8 Å². The number of ether oxygens (including phenoxy) is 1. The van der Waals surface area contributed by atoms with E-state index in [4.69, 9.17) is 4.74 Å². The van der Waals surface area contributed by atoms with Crippen LogP contribution in [0.4, 0.5) is 16.2 Å². The van der Waals surface area contributed by atoms with E-state index in [0.29, 0.717) is 35.3 Å². The molecule has 0 saturated carbocycles. The largest absolute Gasteiger partial charge is 0.444 e. The number of carbonyl (C=O) groups excluding carboxylic acids is 2. The van der Waals surface area contributed by atoms with Crippen LogP contribution >= 0.6 is 0 Å². The fourth-order valence-corrected chi connectivity index (χ4v) is 3.12. The van der Waals surface area contributed by atoms with Crippen molar-refractivity contribution in [2.75, 3.05) is 5.32 Å². The molecule has 180 valence electrons. The highest BCUT2D eigenvalue weighted by Gasteiger charge is 2.22. The summed E-state index contributed by atoms with van der Waals surface area (Å²) in [5, 5.41) is 16.8. The van der Waals surface area contributed by atoms with E-state index >= 15 is 0 Å².